The van der Waals surface area contributed by atoms with Gasteiger partial charge in [-0.15, -0.1) is 0 Å². The minimum Gasteiger partial charge on any atom is -0.506 e. The third-order valence-electron chi connectivity index (χ3n) is 1.81. The lowest BCUT2D eigenvalue weighted by molar-refractivity contribution is 0.265. The van der Waals surface area contributed by atoms with Gasteiger partial charge in [0.05, 0.1) is 13.7 Å². The van der Waals surface area contributed by atoms with Crippen LogP contribution in [0.5, 0.6) is 5.75 Å². The van der Waals surface area contributed by atoms with Gasteiger partial charge in [0.15, 0.2) is 0 Å². The van der Waals surface area contributed by atoms with E-state index < -0.39 is 0 Å². The van der Waals surface area contributed by atoms with Gasteiger partial charge in [-0.3, -0.25) is 0 Å². The fourth-order valence-corrected chi connectivity index (χ4v) is 3.00. The summed E-state index contributed by atoms with van der Waals surface area (Å²) in [6.07, 6.45) is 0.628. The second-order valence-corrected chi connectivity index (χ2v) is 5.38. The molecule has 0 radical (unpaired) electrons. The van der Waals surface area contributed by atoms with Gasteiger partial charge < -0.3 is 15.9 Å². The predicted molar refractivity (Wildman–Crippen MR) is 72.3 cm³/mol. The summed E-state index contributed by atoms with van der Waals surface area (Å²) in [4.78, 5) is 0. The Bertz CT molecular complexity index is 308. The molecular formula is C9H11I2NO2. The molecule has 1 aromatic rings. The van der Waals surface area contributed by atoms with Gasteiger partial charge in [0.1, 0.15) is 5.75 Å². The third kappa shape index (κ3) is 3.21. The molecule has 0 amide bonds. The minimum absolute atomic E-state index is 0.0198. The predicted octanol–water partition coefficient (Wildman–Crippen LogP) is 1.46. The van der Waals surface area contributed by atoms with E-state index in [-0.39, 0.29) is 12.6 Å². The maximum absolute atomic E-state index is 9.53. The number of benzene rings is 1. The van der Waals surface area contributed by atoms with Crippen molar-refractivity contribution in [3.8, 4) is 5.75 Å². The monoisotopic (exact) mass is 419 g/mol. The van der Waals surface area contributed by atoms with Crippen LogP contribution in [0, 0.1) is 7.14 Å². The number of aromatic hydroxyl groups is 1. The average molecular weight is 419 g/mol. The first-order valence-corrected chi connectivity index (χ1v) is 6.23. The Morgan fingerprint density at radius 2 is 1.79 bits per heavy atom. The molecule has 1 atom stereocenters. The molecule has 1 rings (SSSR count). The zero-order valence-corrected chi connectivity index (χ0v) is 11.7. The number of hydrogen-bond donors (Lipinski definition) is 3. The first-order chi connectivity index (χ1) is 6.54. The van der Waals surface area contributed by atoms with E-state index in [1.54, 1.807) is 0 Å². The molecule has 5 heteroatoms. The van der Waals surface area contributed by atoms with Crippen molar-refractivity contribution in [2.45, 2.75) is 12.5 Å². The summed E-state index contributed by atoms with van der Waals surface area (Å²) in [5.74, 6) is 0.313. The van der Waals surface area contributed by atoms with Crippen LogP contribution in [-0.2, 0) is 6.42 Å². The normalized spacial score (nSPS) is 12.9. The largest absolute Gasteiger partial charge is 0.506 e. The van der Waals surface area contributed by atoms with Crippen LogP contribution in [0.3, 0.4) is 0 Å². The van der Waals surface area contributed by atoms with Crippen molar-refractivity contribution in [2.75, 3.05) is 6.61 Å². The van der Waals surface area contributed by atoms with E-state index in [0.717, 1.165) is 12.7 Å². The van der Waals surface area contributed by atoms with Crippen LogP contribution in [0.2, 0.25) is 0 Å². The molecular weight excluding hydrogens is 408 g/mol. The topological polar surface area (TPSA) is 66.5 Å². The molecule has 0 fully saturated rings. The zero-order valence-electron chi connectivity index (χ0n) is 7.37. The molecule has 4 N–H and O–H groups in total. The number of phenolic OH excluding ortho intramolecular Hbond substituents is 1. The molecule has 3 nitrogen and oxygen atoms in total. The van der Waals surface area contributed by atoms with Crippen LogP contribution < -0.4 is 5.73 Å². The quantitative estimate of drug-likeness (QED) is 0.651. The summed E-state index contributed by atoms with van der Waals surface area (Å²) < 4.78 is 1.63. The van der Waals surface area contributed by atoms with E-state index in [1.165, 1.54) is 0 Å². The van der Waals surface area contributed by atoms with Crippen LogP contribution in [0.15, 0.2) is 12.1 Å². The van der Waals surface area contributed by atoms with Gasteiger partial charge in [-0.25, -0.2) is 0 Å². The maximum atomic E-state index is 9.53. The Kier molecular flexibility index (Phi) is 4.88. The van der Waals surface area contributed by atoms with Gasteiger partial charge in [0.25, 0.3) is 0 Å². The van der Waals surface area contributed by atoms with Crippen LogP contribution in [0.25, 0.3) is 0 Å². The molecule has 0 aliphatic heterocycles. The molecule has 0 spiro atoms. The lowest BCUT2D eigenvalue weighted by Gasteiger charge is -2.10. The summed E-state index contributed by atoms with van der Waals surface area (Å²) in [5, 5.41) is 18.3. The van der Waals surface area contributed by atoms with E-state index in [9.17, 15) is 5.11 Å². The molecule has 78 valence electrons. The molecule has 0 heterocycles. The van der Waals surface area contributed by atoms with Crippen LogP contribution in [-0.4, -0.2) is 22.9 Å². The fraction of sp³-hybridized carbons (Fsp3) is 0.333. The molecule has 0 saturated carbocycles. The number of nitrogens with two attached hydrogens (primary N) is 1. The van der Waals surface area contributed by atoms with Gasteiger partial charge in [-0.05, 0) is 69.3 Å². The van der Waals surface area contributed by atoms with Crippen molar-refractivity contribution in [2.24, 2.45) is 5.73 Å². The highest BCUT2D eigenvalue weighted by Crippen LogP contribution is 2.27. The van der Waals surface area contributed by atoms with Gasteiger partial charge in [0.2, 0.25) is 0 Å². The van der Waals surface area contributed by atoms with Crippen molar-refractivity contribution in [3.63, 3.8) is 0 Å². The van der Waals surface area contributed by atoms with Gasteiger partial charge in [-0.1, -0.05) is 0 Å². The summed E-state index contributed by atoms with van der Waals surface area (Å²) in [7, 11) is 0. The smallest absolute Gasteiger partial charge is 0.142 e. The number of rotatable bonds is 3. The zero-order chi connectivity index (χ0) is 10.7. The highest BCUT2D eigenvalue weighted by molar-refractivity contribution is 14.1. The SMILES string of the molecule is NC(CO)Cc1cc(I)c(O)c(I)c1. The Hall–Kier alpha value is 0.400. The Balaban J connectivity index is 2.89. The average Bonchev–Trinajstić information content (AvgIpc) is 2.14. The van der Waals surface area contributed by atoms with E-state index in [1.807, 2.05) is 12.1 Å². The second kappa shape index (κ2) is 5.47. The van der Waals surface area contributed by atoms with Crippen molar-refractivity contribution >= 4 is 45.2 Å². The molecule has 0 bridgehead atoms. The second-order valence-electron chi connectivity index (χ2n) is 3.05. The van der Waals surface area contributed by atoms with E-state index in [4.69, 9.17) is 10.8 Å². The van der Waals surface area contributed by atoms with E-state index >= 15 is 0 Å². The molecule has 0 aliphatic carbocycles. The lowest BCUT2D eigenvalue weighted by Crippen LogP contribution is -2.26. The molecule has 1 aromatic carbocycles. The Morgan fingerprint density at radius 3 is 2.21 bits per heavy atom. The summed E-state index contributed by atoms with van der Waals surface area (Å²) in [6, 6.07) is 3.53. The van der Waals surface area contributed by atoms with Crippen molar-refractivity contribution in [1.29, 1.82) is 0 Å². The van der Waals surface area contributed by atoms with Crippen LogP contribution >= 0.6 is 45.2 Å². The number of phenols is 1. The summed E-state index contributed by atoms with van der Waals surface area (Å²) >= 11 is 4.15. The number of hydrogen-bond acceptors (Lipinski definition) is 3. The van der Waals surface area contributed by atoms with Gasteiger partial charge in [-0.2, -0.15) is 0 Å². The third-order valence-corrected chi connectivity index (χ3v) is 3.45. The highest BCUT2D eigenvalue weighted by Gasteiger charge is 2.08. The number of aliphatic hydroxyl groups excluding tert-OH is 1. The van der Waals surface area contributed by atoms with Gasteiger partial charge >= 0.3 is 0 Å². The first-order valence-electron chi connectivity index (χ1n) is 4.08. The maximum Gasteiger partial charge on any atom is 0.142 e. The summed E-state index contributed by atoms with van der Waals surface area (Å²) in [6.45, 7) is -0.0198. The first kappa shape index (κ1) is 12.5. The molecule has 0 aromatic heterocycles. The van der Waals surface area contributed by atoms with E-state index in [2.05, 4.69) is 45.2 Å². The number of aliphatic hydroxyl groups is 1. The Morgan fingerprint density at radius 1 is 1.29 bits per heavy atom. The van der Waals surface area contributed by atoms with E-state index in [0.29, 0.717) is 12.2 Å². The highest BCUT2D eigenvalue weighted by atomic mass is 127. The van der Waals surface area contributed by atoms with Crippen LogP contribution in [0.1, 0.15) is 5.56 Å². The lowest BCUT2D eigenvalue weighted by atomic mass is 10.1. The standard InChI is InChI=1S/C9H11I2NO2/c10-7-2-5(1-6(12)4-13)3-8(11)9(7)14/h2-3,6,13-14H,1,4,12H2. The number of halogens is 2. The summed E-state index contributed by atoms with van der Waals surface area (Å²) in [5.41, 5.74) is 6.67. The molecule has 14 heavy (non-hydrogen) atoms. The van der Waals surface area contributed by atoms with Gasteiger partial charge in [0, 0.05) is 6.04 Å². The molecule has 0 aliphatic rings. The molecule has 0 saturated heterocycles. The van der Waals surface area contributed by atoms with Crippen LogP contribution in [0.4, 0.5) is 0 Å². The minimum atomic E-state index is -0.230. The molecule has 1 unspecified atom stereocenters. The Labute approximate surface area is 110 Å². The van der Waals surface area contributed by atoms with Crippen molar-refractivity contribution in [3.05, 3.63) is 24.8 Å². The van der Waals surface area contributed by atoms with Crippen molar-refractivity contribution in [1.82, 2.24) is 0 Å². The fourth-order valence-electron chi connectivity index (χ4n) is 1.10. The van der Waals surface area contributed by atoms with Crippen molar-refractivity contribution < 1.29 is 10.2 Å².